The van der Waals surface area contributed by atoms with Crippen molar-refractivity contribution < 1.29 is 14.3 Å². The largest absolute Gasteiger partial charge is 0.368 e. The van der Waals surface area contributed by atoms with E-state index in [2.05, 4.69) is 16.0 Å². The van der Waals surface area contributed by atoms with Crippen molar-refractivity contribution in [2.75, 3.05) is 30.3 Å². The highest BCUT2D eigenvalue weighted by Crippen LogP contribution is 2.19. The molecule has 2 heterocycles. The van der Waals surface area contributed by atoms with Gasteiger partial charge in [0.1, 0.15) is 6.10 Å². The molecule has 2 fully saturated rings. The van der Waals surface area contributed by atoms with Crippen molar-refractivity contribution in [2.24, 2.45) is 5.92 Å². The Morgan fingerprint density at radius 2 is 1.67 bits per heavy atom. The smallest absolute Gasteiger partial charge is 0.253 e. The third kappa shape index (κ3) is 4.93. The van der Waals surface area contributed by atoms with Crippen molar-refractivity contribution in [3.63, 3.8) is 0 Å². The van der Waals surface area contributed by atoms with Crippen LogP contribution >= 0.6 is 12.4 Å². The summed E-state index contributed by atoms with van der Waals surface area (Å²) in [5.74, 6) is -0.0245. The summed E-state index contributed by atoms with van der Waals surface area (Å²) < 4.78 is 5.36. The van der Waals surface area contributed by atoms with Crippen LogP contribution in [0.25, 0.3) is 0 Å². The lowest BCUT2D eigenvalue weighted by atomic mass is 9.99. The number of carbonyl (C=O) groups is 2. The van der Waals surface area contributed by atoms with Crippen molar-refractivity contribution in [2.45, 2.75) is 31.8 Å². The summed E-state index contributed by atoms with van der Waals surface area (Å²) in [6.45, 7) is 2.38. The van der Waals surface area contributed by atoms with Crippen LogP contribution in [-0.2, 0) is 14.3 Å². The van der Waals surface area contributed by atoms with Crippen LogP contribution in [0.15, 0.2) is 24.3 Å². The summed E-state index contributed by atoms with van der Waals surface area (Å²) >= 11 is 0. The first kappa shape index (κ1) is 18.7. The number of halogens is 1. The number of amides is 2. The molecule has 0 bridgehead atoms. The molecular formula is C17H24ClN3O3. The van der Waals surface area contributed by atoms with E-state index in [9.17, 15) is 9.59 Å². The van der Waals surface area contributed by atoms with E-state index in [1.165, 1.54) is 0 Å². The van der Waals surface area contributed by atoms with Crippen LogP contribution in [0.1, 0.15) is 25.7 Å². The van der Waals surface area contributed by atoms with E-state index in [1.807, 2.05) is 0 Å². The van der Waals surface area contributed by atoms with Crippen LogP contribution < -0.4 is 16.0 Å². The Labute approximate surface area is 148 Å². The zero-order valence-corrected chi connectivity index (χ0v) is 14.4. The Bertz CT molecular complexity index is 553. The third-order valence-corrected chi connectivity index (χ3v) is 4.31. The highest BCUT2D eigenvalue weighted by molar-refractivity contribution is 5.95. The lowest BCUT2D eigenvalue weighted by Gasteiger charge is -2.21. The monoisotopic (exact) mass is 353 g/mol. The summed E-state index contributed by atoms with van der Waals surface area (Å²) in [4.78, 5) is 24.1. The molecule has 6 nitrogen and oxygen atoms in total. The minimum atomic E-state index is -0.340. The molecule has 0 aromatic heterocycles. The maximum atomic E-state index is 12.2. The number of hydrogen-bond donors (Lipinski definition) is 3. The molecule has 0 aliphatic carbocycles. The maximum Gasteiger partial charge on any atom is 0.253 e. The normalized spacial score (nSPS) is 23.2. The minimum absolute atomic E-state index is 0. The Hall–Kier alpha value is -1.63. The molecule has 2 aliphatic heterocycles. The molecule has 24 heavy (non-hydrogen) atoms. The molecule has 0 radical (unpaired) electrons. The van der Waals surface area contributed by atoms with Crippen LogP contribution in [0.2, 0.25) is 0 Å². The van der Waals surface area contributed by atoms with E-state index in [0.29, 0.717) is 12.3 Å². The first-order valence-corrected chi connectivity index (χ1v) is 8.26. The summed E-state index contributed by atoms with van der Waals surface area (Å²) in [5.41, 5.74) is 1.46. The number of rotatable bonds is 4. The molecule has 3 rings (SSSR count). The molecule has 2 saturated heterocycles. The van der Waals surface area contributed by atoms with Crippen molar-refractivity contribution in [1.82, 2.24) is 5.32 Å². The van der Waals surface area contributed by atoms with Gasteiger partial charge in [-0.05, 0) is 56.5 Å². The minimum Gasteiger partial charge on any atom is -0.368 e. The summed E-state index contributed by atoms with van der Waals surface area (Å²) in [5, 5.41) is 9.01. The predicted octanol–water partition coefficient (Wildman–Crippen LogP) is 2.16. The number of benzene rings is 1. The van der Waals surface area contributed by atoms with E-state index in [4.69, 9.17) is 4.74 Å². The third-order valence-electron chi connectivity index (χ3n) is 4.31. The SMILES string of the molecule is Cl.O=C(Nc1ccc(NC(=O)C2CCCO2)cc1)C1CCCNC1. The quantitative estimate of drug-likeness (QED) is 0.775. The fourth-order valence-electron chi connectivity index (χ4n) is 2.96. The van der Waals surface area contributed by atoms with E-state index < -0.39 is 0 Å². The van der Waals surface area contributed by atoms with E-state index in [0.717, 1.165) is 44.5 Å². The van der Waals surface area contributed by atoms with Gasteiger partial charge in [0.2, 0.25) is 5.91 Å². The number of hydrogen-bond acceptors (Lipinski definition) is 4. The molecule has 3 N–H and O–H groups in total. The van der Waals surface area contributed by atoms with Crippen LogP contribution in [-0.4, -0.2) is 37.6 Å². The number of nitrogens with one attached hydrogen (secondary N) is 3. The second kappa shape index (κ2) is 9.01. The highest BCUT2D eigenvalue weighted by Gasteiger charge is 2.23. The Morgan fingerprint density at radius 1 is 1.00 bits per heavy atom. The van der Waals surface area contributed by atoms with Gasteiger partial charge in [-0.25, -0.2) is 0 Å². The van der Waals surface area contributed by atoms with Crippen molar-refractivity contribution >= 4 is 35.6 Å². The van der Waals surface area contributed by atoms with Gasteiger partial charge in [0.15, 0.2) is 0 Å². The summed E-state index contributed by atoms with van der Waals surface area (Å²) in [6, 6.07) is 7.20. The number of anilines is 2. The van der Waals surface area contributed by atoms with Crippen LogP contribution in [0, 0.1) is 5.92 Å². The lowest BCUT2D eigenvalue weighted by molar-refractivity contribution is -0.124. The van der Waals surface area contributed by atoms with Crippen molar-refractivity contribution in [3.8, 4) is 0 Å². The van der Waals surface area contributed by atoms with E-state index in [-0.39, 0.29) is 36.2 Å². The second-order valence-electron chi connectivity index (χ2n) is 6.10. The zero-order valence-electron chi connectivity index (χ0n) is 13.5. The molecule has 132 valence electrons. The van der Waals surface area contributed by atoms with Gasteiger partial charge in [-0.1, -0.05) is 0 Å². The Morgan fingerprint density at radius 3 is 2.21 bits per heavy atom. The molecule has 7 heteroatoms. The fraction of sp³-hybridized carbons (Fsp3) is 0.529. The molecule has 2 unspecified atom stereocenters. The number of carbonyl (C=O) groups excluding carboxylic acids is 2. The van der Waals surface area contributed by atoms with Gasteiger partial charge in [0, 0.05) is 24.5 Å². The van der Waals surface area contributed by atoms with Gasteiger partial charge in [0.05, 0.1) is 5.92 Å². The topological polar surface area (TPSA) is 79.5 Å². The van der Waals surface area contributed by atoms with Gasteiger partial charge >= 0.3 is 0 Å². The van der Waals surface area contributed by atoms with Crippen LogP contribution in [0.3, 0.4) is 0 Å². The van der Waals surface area contributed by atoms with Gasteiger partial charge in [0.25, 0.3) is 5.91 Å². The van der Waals surface area contributed by atoms with Crippen LogP contribution in [0.5, 0.6) is 0 Å². The number of ether oxygens (including phenoxy) is 1. The predicted molar refractivity (Wildman–Crippen MR) is 95.5 cm³/mol. The van der Waals surface area contributed by atoms with Crippen molar-refractivity contribution in [3.05, 3.63) is 24.3 Å². The van der Waals surface area contributed by atoms with Crippen molar-refractivity contribution in [1.29, 1.82) is 0 Å². The first-order valence-electron chi connectivity index (χ1n) is 8.26. The van der Waals surface area contributed by atoms with Gasteiger partial charge < -0.3 is 20.7 Å². The Kier molecular flexibility index (Phi) is 7.02. The van der Waals surface area contributed by atoms with Gasteiger partial charge in [-0.15, -0.1) is 12.4 Å². The molecular weight excluding hydrogens is 330 g/mol. The molecule has 1 aromatic carbocycles. The first-order chi connectivity index (χ1) is 11.2. The maximum absolute atomic E-state index is 12.2. The standard InChI is InChI=1S/C17H23N3O3.ClH/c21-16(12-3-1-9-18-11-12)19-13-5-7-14(8-6-13)20-17(22)15-4-2-10-23-15;/h5-8,12,15,18H,1-4,9-11H2,(H,19,21)(H,20,22);1H. The second-order valence-corrected chi connectivity index (χ2v) is 6.10. The molecule has 1 aromatic rings. The average Bonchev–Trinajstić information content (AvgIpc) is 3.12. The molecule has 2 atom stereocenters. The highest BCUT2D eigenvalue weighted by atomic mass is 35.5. The molecule has 0 spiro atoms. The van der Waals surface area contributed by atoms with E-state index in [1.54, 1.807) is 24.3 Å². The van der Waals surface area contributed by atoms with Gasteiger partial charge in [-0.2, -0.15) is 0 Å². The van der Waals surface area contributed by atoms with Gasteiger partial charge in [-0.3, -0.25) is 9.59 Å². The zero-order chi connectivity index (χ0) is 16.1. The molecule has 2 aliphatic rings. The number of piperidine rings is 1. The fourth-order valence-corrected chi connectivity index (χ4v) is 2.96. The summed E-state index contributed by atoms with van der Waals surface area (Å²) in [7, 11) is 0. The molecule has 2 amide bonds. The Balaban J connectivity index is 0.00000208. The van der Waals surface area contributed by atoms with E-state index >= 15 is 0 Å². The lowest BCUT2D eigenvalue weighted by Crippen LogP contribution is -2.37. The molecule has 0 saturated carbocycles. The van der Waals surface area contributed by atoms with Crippen LogP contribution in [0.4, 0.5) is 11.4 Å². The average molecular weight is 354 g/mol. The summed E-state index contributed by atoms with van der Waals surface area (Å²) in [6.07, 6.45) is 3.32.